The first-order valence-electron chi connectivity index (χ1n) is 7.13. The van der Waals surface area contributed by atoms with Crippen molar-refractivity contribution in [2.45, 2.75) is 13.8 Å². The summed E-state index contributed by atoms with van der Waals surface area (Å²) in [6.07, 6.45) is 0. The van der Waals surface area contributed by atoms with Gasteiger partial charge in [0.05, 0.1) is 17.9 Å². The highest BCUT2D eigenvalue weighted by Gasteiger charge is 2.10. The van der Waals surface area contributed by atoms with Gasteiger partial charge in [-0.25, -0.2) is 0 Å². The van der Waals surface area contributed by atoms with E-state index in [1.165, 1.54) is 0 Å². The number of anilines is 1. The molecule has 0 aliphatic heterocycles. The van der Waals surface area contributed by atoms with E-state index in [1.54, 1.807) is 42.5 Å². The van der Waals surface area contributed by atoms with Crippen LogP contribution in [0.25, 0.3) is 0 Å². The molecule has 112 valence electrons. The molecule has 0 radical (unpaired) electrons. The van der Waals surface area contributed by atoms with Gasteiger partial charge in [0.25, 0.3) is 5.91 Å². The number of nitrogens with zero attached hydrogens (tertiary/aromatic N) is 1. The Morgan fingerprint density at radius 3 is 2.73 bits per heavy atom. The van der Waals surface area contributed by atoms with E-state index in [-0.39, 0.29) is 5.91 Å². The second kappa shape index (κ2) is 7.28. The van der Waals surface area contributed by atoms with E-state index in [0.29, 0.717) is 35.1 Å². The number of hydrogen-bond acceptors (Lipinski definition) is 3. The fourth-order valence-corrected chi connectivity index (χ4v) is 1.87. The number of hydrogen-bond donors (Lipinski definition) is 1. The Morgan fingerprint density at radius 2 is 2.00 bits per heavy atom. The van der Waals surface area contributed by atoms with Crippen molar-refractivity contribution < 1.29 is 9.53 Å². The van der Waals surface area contributed by atoms with Gasteiger partial charge in [-0.05, 0) is 36.2 Å². The minimum absolute atomic E-state index is 0.266. The van der Waals surface area contributed by atoms with Crippen LogP contribution >= 0.6 is 0 Å². The standard InChI is InChI=1S/C18H18N2O2/c1-13(2)12-22-16-8-5-7-14(10-16)18(21)20-17-9-4-3-6-15(17)11-19/h3-10,13H,12H2,1-2H3,(H,20,21). The lowest BCUT2D eigenvalue weighted by atomic mass is 10.1. The normalized spacial score (nSPS) is 10.1. The Kier molecular flexibility index (Phi) is 5.16. The molecule has 2 aromatic carbocycles. The molecule has 0 saturated carbocycles. The molecule has 0 unspecified atom stereocenters. The van der Waals surface area contributed by atoms with Crippen LogP contribution in [0.4, 0.5) is 5.69 Å². The molecule has 0 spiro atoms. The van der Waals surface area contributed by atoms with Crippen LogP contribution in [0.2, 0.25) is 0 Å². The maximum atomic E-state index is 12.3. The summed E-state index contributed by atoms with van der Waals surface area (Å²) in [5.41, 5.74) is 1.43. The third-order valence-corrected chi connectivity index (χ3v) is 2.98. The first-order valence-corrected chi connectivity index (χ1v) is 7.13. The number of rotatable bonds is 5. The first kappa shape index (κ1) is 15.6. The number of carbonyl (C=O) groups excluding carboxylic acids is 1. The van der Waals surface area contributed by atoms with E-state index in [2.05, 4.69) is 25.2 Å². The van der Waals surface area contributed by atoms with Crippen LogP contribution in [-0.2, 0) is 0 Å². The van der Waals surface area contributed by atoms with Crippen LogP contribution in [0.15, 0.2) is 48.5 Å². The molecule has 0 heterocycles. The Hall–Kier alpha value is -2.80. The Morgan fingerprint density at radius 1 is 1.23 bits per heavy atom. The maximum Gasteiger partial charge on any atom is 0.255 e. The average molecular weight is 294 g/mol. The van der Waals surface area contributed by atoms with Gasteiger partial charge >= 0.3 is 0 Å². The molecule has 1 N–H and O–H groups in total. The highest BCUT2D eigenvalue weighted by Crippen LogP contribution is 2.18. The number of nitriles is 1. The zero-order valence-corrected chi connectivity index (χ0v) is 12.7. The summed E-state index contributed by atoms with van der Waals surface area (Å²) in [4.78, 5) is 12.3. The summed E-state index contributed by atoms with van der Waals surface area (Å²) in [6, 6.07) is 16.0. The Balaban J connectivity index is 2.13. The second-order valence-electron chi connectivity index (χ2n) is 5.34. The second-order valence-corrected chi connectivity index (χ2v) is 5.34. The summed E-state index contributed by atoms with van der Waals surface area (Å²) in [5.74, 6) is 0.813. The molecule has 0 bridgehead atoms. The Bertz CT molecular complexity index is 702. The van der Waals surface area contributed by atoms with Crippen molar-refractivity contribution in [2.75, 3.05) is 11.9 Å². The zero-order chi connectivity index (χ0) is 15.9. The summed E-state index contributed by atoms with van der Waals surface area (Å²) in [7, 11) is 0. The lowest BCUT2D eigenvalue weighted by Gasteiger charge is -2.10. The predicted molar refractivity (Wildman–Crippen MR) is 85.9 cm³/mol. The molecule has 0 aromatic heterocycles. The number of carbonyl (C=O) groups is 1. The number of nitrogens with one attached hydrogen (secondary N) is 1. The molecule has 1 amide bonds. The van der Waals surface area contributed by atoms with Crippen molar-refractivity contribution in [1.82, 2.24) is 0 Å². The van der Waals surface area contributed by atoms with Gasteiger partial charge in [-0.2, -0.15) is 5.26 Å². The monoisotopic (exact) mass is 294 g/mol. The van der Waals surface area contributed by atoms with E-state index in [0.717, 1.165) is 0 Å². The molecule has 22 heavy (non-hydrogen) atoms. The van der Waals surface area contributed by atoms with E-state index >= 15 is 0 Å². The summed E-state index contributed by atoms with van der Waals surface area (Å²) < 4.78 is 5.62. The van der Waals surface area contributed by atoms with Gasteiger partial charge in [0.2, 0.25) is 0 Å². The van der Waals surface area contributed by atoms with Crippen molar-refractivity contribution in [1.29, 1.82) is 5.26 Å². The highest BCUT2D eigenvalue weighted by atomic mass is 16.5. The third-order valence-electron chi connectivity index (χ3n) is 2.98. The molecular formula is C18H18N2O2. The van der Waals surface area contributed by atoms with E-state index in [9.17, 15) is 4.79 Å². The molecule has 0 saturated heterocycles. The summed E-state index contributed by atoms with van der Waals surface area (Å²) >= 11 is 0. The van der Waals surface area contributed by atoms with Gasteiger partial charge in [0, 0.05) is 5.56 Å². The highest BCUT2D eigenvalue weighted by molar-refractivity contribution is 6.05. The number of para-hydroxylation sites is 1. The number of amides is 1. The molecule has 0 fully saturated rings. The van der Waals surface area contributed by atoms with Gasteiger partial charge in [0.15, 0.2) is 0 Å². The first-order chi connectivity index (χ1) is 10.6. The summed E-state index contributed by atoms with van der Waals surface area (Å²) in [6.45, 7) is 4.73. The molecule has 0 atom stereocenters. The van der Waals surface area contributed by atoms with Crippen molar-refractivity contribution in [3.05, 3.63) is 59.7 Å². The average Bonchev–Trinajstić information content (AvgIpc) is 2.53. The van der Waals surface area contributed by atoms with Gasteiger partial charge in [0.1, 0.15) is 11.8 Å². The van der Waals surface area contributed by atoms with E-state index in [4.69, 9.17) is 10.00 Å². The van der Waals surface area contributed by atoms with Crippen LogP contribution in [0.3, 0.4) is 0 Å². The van der Waals surface area contributed by atoms with Crippen LogP contribution in [0, 0.1) is 17.2 Å². The summed E-state index contributed by atoms with van der Waals surface area (Å²) in [5, 5.41) is 11.8. The van der Waals surface area contributed by atoms with Gasteiger partial charge in [-0.1, -0.05) is 32.0 Å². The van der Waals surface area contributed by atoms with E-state index in [1.807, 2.05) is 6.07 Å². The van der Waals surface area contributed by atoms with Crippen LogP contribution < -0.4 is 10.1 Å². The minimum Gasteiger partial charge on any atom is -0.493 e. The molecule has 4 nitrogen and oxygen atoms in total. The molecule has 4 heteroatoms. The molecule has 2 rings (SSSR count). The van der Waals surface area contributed by atoms with Gasteiger partial charge < -0.3 is 10.1 Å². The quantitative estimate of drug-likeness (QED) is 0.911. The predicted octanol–water partition coefficient (Wildman–Crippen LogP) is 3.85. The molecular weight excluding hydrogens is 276 g/mol. The van der Waals surface area contributed by atoms with Gasteiger partial charge in [-0.3, -0.25) is 4.79 Å². The lowest BCUT2D eigenvalue weighted by Crippen LogP contribution is -2.13. The van der Waals surface area contributed by atoms with Crippen molar-refractivity contribution in [2.24, 2.45) is 5.92 Å². The zero-order valence-electron chi connectivity index (χ0n) is 12.7. The fraction of sp³-hybridized carbons (Fsp3) is 0.222. The molecule has 2 aromatic rings. The topological polar surface area (TPSA) is 62.1 Å². The van der Waals surface area contributed by atoms with Crippen LogP contribution in [0.5, 0.6) is 5.75 Å². The fourth-order valence-electron chi connectivity index (χ4n) is 1.87. The van der Waals surface area contributed by atoms with Gasteiger partial charge in [-0.15, -0.1) is 0 Å². The SMILES string of the molecule is CC(C)COc1cccc(C(=O)Nc2ccccc2C#N)c1. The Labute approximate surface area is 130 Å². The number of ether oxygens (including phenoxy) is 1. The lowest BCUT2D eigenvalue weighted by molar-refractivity contribution is 0.102. The van der Waals surface area contributed by atoms with E-state index < -0.39 is 0 Å². The largest absolute Gasteiger partial charge is 0.493 e. The van der Waals surface area contributed by atoms with Crippen LogP contribution in [0.1, 0.15) is 29.8 Å². The maximum absolute atomic E-state index is 12.3. The minimum atomic E-state index is -0.266. The number of benzene rings is 2. The smallest absolute Gasteiger partial charge is 0.255 e. The van der Waals surface area contributed by atoms with Crippen LogP contribution in [-0.4, -0.2) is 12.5 Å². The molecule has 0 aliphatic rings. The molecule has 0 aliphatic carbocycles. The van der Waals surface area contributed by atoms with Crippen molar-refractivity contribution in [3.8, 4) is 11.8 Å². The van der Waals surface area contributed by atoms with Crippen molar-refractivity contribution in [3.63, 3.8) is 0 Å². The van der Waals surface area contributed by atoms with Crippen molar-refractivity contribution >= 4 is 11.6 Å². The third kappa shape index (κ3) is 4.10.